The molecule has 0 aliphatic heterocycles. The number of nitrogens with one attached hydrogen (secondary N) is 1. The van der Waals surface area contributed by atoms with Gasteiger partial charge >= 0.3 is 6.01 Å². The first-order chi connectivity index (χ1) is 6.27. The quantitative estimate of drug-likeness (QED) is 0.694. The summed E-state index contributed by atoms with van der Waals surface area (Å²) in [6, 6.07) is 0.459. The molecule has 0 bridgehead atoms. The molecular formula is C8H14N4O. The molecule has 13 heavy (non-hydrogen) atoms. The van der Waals surface area contributed by atoms with Crippen LogP contribution >= 0.6 is 0 Å². The maximum atomic E-state index is 7.59. The molecule has 0 radical (unpaired) electrons. The highest BCUT2D eigenvalue weighted by Gasteiger charge is 2.05. The predicted octanol–water partition coefficient (Wildman–Crippen LogP) is 1.11. The van der Waals surface area contributed by atoms with E-state index in [1.54, 1.807) is 11.8 Å². The number of aromatic nitrogens is 3. The normalized spacial score (nSPS) is 10.0. The molecule has 0 unspecified atom stereocenters. The van der Waals surface area contributed by atoms with Crippen molar-refractivity contribution >= 4 is 5.71 Å². The van der Waals surface area contributed by atoms with Crippen LogP contribution < -0.4 is 4.74 Å². The van der Waals surface area contributed by atoms with Gasteiger partial charge in [0, 0.05) is 5.71 Å². The number of nitrogens with zero attached hydrogens (tertiary/aromatic N) is 3. The van der Waals surface area contributed by atoms with Gasteiger partial charge in [-0.15, -0.1) is 0 Å². The van der Waals surface area contributed by atoms with Gasteiger partial charge in [-0.05, 0) is 6.42 Å². The first-order valence-electron chi connectivity index (χ1n) is 4.26. The Morgan fingerprint density at radius 3 is 3.08 bits per heavy atom. The van der Waals surface area contributed by atoms with Crippen LogP contribution in [0, 0.1) is 5.41 Å². The van der Waals surface area contributed by atoms with Crippen molar-refractivity contribution in [2.24, 2.45) is 0 Å². The Balaban J connectivity index is 2.57. The van der Waals surface area contributed by atoms with Crippen molar-refractivity contribution in [3.05, 3.63) is 6.33 Å². The lowest BCUT2D eigenvalue weighted by molar-refractivity contribution is 0.355. The molecule has 72 valence electrons. The maximum Gasteiger partial charge on any atom is 0.314 e. The van der Waals surface area contributed by atoms with E-state index in [0.717, 1.165) is 12.8 Å². The molecule has 0 atom stereocenters. The number of ether oxygens (including phenoxy) is 1. The molecule has 1 aromatic heterocycles. The zero-order valence-corrected chi connectivity index (χ0v) is 7.95. The Bertz CT molecular complexity index is 281. The van der Waals surface area contributed by atoms with Gasteiger partial charge in [-0.2, -0.15) is 10.1 Å². The number of hydrogen-bond donors (Lipinski definition) is 1. The summed E-state index contributed by atoms with van der Waals surface area (Å²) in [7, 11) is 1.55. The van der Waals surface area contributed by atoms with Crippen LogP contribution in [-0.2, 0) is 6.54 Å². The van der Waals surface area contributed by atoms with E-state index < -0.39 is 0 Å². The molecule has 0 amide bonds. The van der Waals surface area contributed by atoms with E-state index in [0.29, 0.717) is 18.3 Å². The molecule has 0 aliphatic carbocycles. The minimum Gasteiger partial charge on any atom is -0.467 e. The number of rotatable bonds is 5. The van der Waals surface area contributed by atoms with Gasteiger partial charge in [0.15, 0.2) is 0 Å². The average Bonchev–Trinajstić information content (AvgIpc) is 2.52. The Morgan fingerprint density at radius 1 is 1.69 bits per heavy atom. The minimum atomic E-state index is 0.459. The van der Waals surface area contributed by atoms with Crippen LogP contribution in [0.25, 0.3) is 0 Å². The van der Waals surface area contributed by atoms with Gasteiger partial charge < -0.3 is 10.1 Å². The molecule has 1 rings (SSSR count). The van der Waals surface area contributed by atoms with Gasteiger partial charge in [0.25, 0.3) is 0 Å². The second kappa shape index (κ2) is 4.59. The summed E-state index contributed by atoms with van der Waals surface area (Å²) in [5.74, 6) is 0. The van der Waals surface area contributed by atoms with Gasteiger partial charge in [0.2, 0.25) is 0 Å². The zero-order chi connectivity index (χ0) is 9.68. The molecular weight excluding hydrogens is 168 g/mol. The van der Waals surface area contributed by atoms with Gasteiger partial charge in [-0.25, -0.2) is 4.68 Å². The third-order valence-corrected chi connectivity index (χ3v) is 1.65. The van der Waals surface area contributed by atoms with Crippen LogP contribution in [-0.4, -0.2) is 27.6 Å². The van der Waals surface area contributed by atoms with Crippen molar-refractivity contribution in [1.82, 2.24) is 14.8 Å². The molecule has 0 aliphatic rings. The molecule has 1 N–H and O–H groups in total. The van der Waals surface area contributed by atoms with Crippen molar-refractivity contribution < 1.29 is 4.74 Å². The van der Waals surface area contributed by atoms with Crippen LogP contribution in [0.15, 0.2) is 6.33 Å². The van der Waals surface area contributed by atoms with Crippen molar-refractivity contribution in [1.29, 1.82) is 5.41 Å². The van der Waals surface area contributed by atoms with Crippen LogP contribution in [0.5, 0.6) is 6.01 Å². The summed E-state index contributed by atoms with van der Waals surface area (Å²) in [6.07, 6.45) is 3.21. The van der Waals surface area contributed by atoms with Crippen LogP contribution in [0.4, 0.5) is 0 Å². The summed E-state index contributed by atoms with van der Waals surface area (Å²) in [6.45, 7) is 2.52. The lowest BCUT2D eigenvalue weighted by Crippen LogP contribution is -2.11. The molecule has 1 aromatic rings. The second-order valence-electron chi connectivity index (χ2n) is 2.76. The summed E-state index contributed by atoms with van der Waals surface area (Å²) in [4.78, 5) is 3.88. The number of methoxy groups -OCH3 is 1. The third kappa shape index (κ3) is 2.54. The van der Waals surface area contributed by atoms with Crippen molar-refractivity contribution in [2.45, 2.75) is 26.3 Å². The van der Waals surface area contributed by atoms with Crippen LogP contribution in [0.2, 0.25) is 0 Å². The molecule has 1 heterocycles. The van der Waals surface area contributed by atoms with E-state index in [1.165, 1.54) is 6.33 Å². The largest absolute Gasteiger partial charge is 0.467 e. The maximum absolute atomic E-state index is 7.59. The third-order valence-electron chi connectivity index (χ3n) is 1.65. The lowest BCUT2D eigenvalue weighted by Gasteiger charge is -2.04. The smallest absolute Gasteiger partial charge is 0.314 e. The van der Waals surface area contributed by atoms with Crippen molar-refractivity contribution in [3.63, 3.8) is 0 Å². The predicted molar refractivity (Wildman–Crippen MR) is 49.2 cm³/mol. The zero-order valence-electron chi connectivity index (χ0n) is 7.95. The molecule has 0 spiro atoms. The Morgan fingerprint density at radius 2 is 2.46 bits per heavy atom. The monoisotopic (exact) mass is 182 g/mol. The first kappa shape index (κ1) is 9.70. The molecule has 5 nitrogen and oxygen atoms in total. The molecule has 5 heteroatoms. The molecule has 0 saturated carbocycles. The summed E-state index contributed by atoms with van der Waals surface area (Å²) in [5.41, 5.74) is 0.645. The SMILES string of the molecule is CCCC(=N)Cn1ncnc1OC. The second-order valence-corrected chi connectivity index (χ2v) is 2.76. The van der Waals surface area contributed by atoms with E-state index >= 15 is 0 Å². The van der Waals surface area contributed by atoms with E-state index in [-0.39, 0.29) is 0 Å². The fraction of sp³-hybridized carbons (Fsp3) is 0.625. The van der Waals surface area contributed by atoms with Gasteiger partial charge in [-0.1, -0.05) is 13.3 Å². The van der Waals surface area contributed by atoms with Gasteiger partial charge in [0.05, 0.1) is 13.7 Å². The highest BCUT2D eigenvalue weighted by atomic mass is 16.5. The van der Waals surface area contributed by atoms with Crippen molar-refractivity contribution in [2.75, 3.05) is 7.11 Å². The lowest BCUT2D eigenvalue weighted by atomic mass is 10.2. The Hall–Kier alpha value is -1.39. The van der Waals surface area contributed by atoms with E-state index in [4.69, 9.17) is 10.1 Å². The first-order valence-corrected chi connectivity index (χ1v) is 4.26. The highest BCUT2D eigenvalue weighted by Crippen LogP contribution is 2.04. The summed E-state index contributed by atoms with van der Waals surface area (Å²) >= 11 is 0. The summed E-state index contributed by atoms with van der Waals surface area (Å²) in [5, 5.41) is 11.5. The topological polar surface area (TPSA) is 63.8 Å². The Labute approximate surface area is 77.2 Å². The van der Waals surface area contributed by atoms with Crippen LogP contribution in [0.1, 0.15) is 19.8 Å². The summed E-state index contributed by atoms with van der Waals surface area (Å²) < 4.78 is 6.54. The minimum absolute atomic E-state index is 0.459. The Kier molecular flexibility index (Phi) is 3.42. The fourth-order valence-corrected chi connectivity index (χ4v) is 1.08. The van der Waals surface area contributed by atoms with E-state index in [2.05, 4.69) is 10.1 Å². The average molecular weight is 182 g/mol. The molecule has 0 aromatic carbocycles. The fourth-order valence-electron chi connectivity index (χ4n) is 1.08. The van der Waals surface area contributed by atoms with E-state index in [9.17, 15) is 0 Å². The van der Waals surface area contributed by atoms with E-state index in [1.807, 2.05) is 6.92 Å². The molecule has 0 fully saturated rings. The van der Waals surface area contributed by atoms with Gasteiger partial charge in [-0.3, -0.25) is 0 Å². The van der Waals surface area contributed by atoms with Gasteiger partial charge in [0.1, 0.15) is 6.33 Å². The van der Waals surface area contributed by atoms with Crippen LogP contribution in [0.3, 0.4) is 0 Å². The highest BCUT2D eigenvalue weighted by molar-refractivity contribution is 5.81. The molecule has 0 saturated heterocycles. The number of hydrogen-bond acceptors (Lipinski definition) is 4. The van der Waals surface area contributed by atoms with Crippen molar-refractivity contribution in [3.8, 4) is 6.01 Å². The standard InChI is InChI=1S/C8H14N4O/c1-3-4-7(9)5-12-8(13-2)10-6-11-12/h6,9H,3-5H2,1-2H3.